The van der Waals surface area contributed by atoms with Crippen LogP contribution in [-0.2, 0) is 17.6 Å². The van der Waals surface area contributed by atoms with E-state index < -0.39 is 0 Å². The van der Waals surface area contributed by atoms with Gasteiger partial charge in [0.05, 0.1) is 15.2 Å². The first-order chi connectivity index (χ1) is 15.1. The maximum Gasteiger partial charge on any atom is 0.257 e. The van der Waals surface area contributed by atoms with Gasteiger partial charge in [-0.15, -0.1) is 11.3 Å². The number of hydrogen-bond acceptors (Lipinski definition) is 6. The quantitative estimate of drug-likeness (QED) is 0.445. The molecule has 0 saturated carbocycles. The predicted octanol–water partition coefficient (Wildman–Crippen LogP) is 4.51. The standard InChI is InChI=1S/C23H21FN4O2S/c24-17-7-5-16(6-8-17)23-26-20(27-30-23)13-15-11-12-28(14-15)22(29)10-9-21-25-18-3-1-2-4-19(18)31-21/h1-8,15H,9-14H2. The van der Waals surface area contributed by atoms with Crippen LogP contribution in [0.4, 0.5) is 4.39 Å². The van der Waals surface area contributed by atoms with Gasteiger partial charge in [-0.3, -0.25) is 4.79 Å². The number of amides is 1. The number of nitrogens with zero attached hydrogens (tertiary/aromatic N) is 4. The molecule has 6 nitrogen and oxygen atoms in total. The molecule has 31 heavy (non-hydrogen) atoms. The zero-order valence-electron chi connectivity index (χ0n) is 16.8. The van der Waals surface area contributed by atoms with Crippen molar-refractivity contribution >= 4 is 27.5 Å². The minimum absolute atomic E-state index is 0.168. The molecule has 158 valence electrons. The van der Waals surface area contributed by atoms with E-state index in [1.165, 1.54) is 12.1 Å². The lowest BCUT2D eigenvalue weighted by Crippen LogP contribution is -2.29. The Bertz CT molecular complexity index is 1170. The number of hydrogen-bond donors (Lipinski definition) is 0. The Hall–Kier alpha value is -3.13. The SMILES string of the molecule is O=C(CCc1nc2ccccc2s1)N1CCC(Cc2noc(-c3ccc(F)cc3)n2)C1. The highest BCUT2D eigenvalue weighted by molar-refractivity contribution is 7.18. The molecule has 0 N–H and O–H groups in total. The van der Waals surface area contributed by atoms with Crippen LogP contribution in [0.5, 0.6) is 0 Å². The Morgan fingerprint density at radius 2 is 2.00 bits per heavy atom. The van der Waals surface area contributed by atoms with Crippen molar-refractivity contribution in [1.29, 1.82) is 0 Å². The smallest absolute Gasteiger partial charge is 0.257 e. The lowest BCUT2D eigenvalue weighted by atomic mass is 10.1. The lowest BCUT2D eigenvalue weighted by Gasteiger charge is -2.15. The second-order valence-electron chi connectivity index (χ2n) is 7.80. The molecule has 0 spiro atoms. The zero-order chi connectivity index (χ0) is 21.2. The minimum Gasteiger partial charge on any atom is -0.342 e. The molecule has 1 amide bonds. The third kappa shape index (κ3) is 4.49. The molecule has 1 saturated heterocycles. The van der Waals surface area contributed by atoms with Gasteiger partial charge in [-0.2, -0.15) is 4.98 Å². The molecule has 0 bridgehead atoms. The van der Waals surface area contributed by atoms with Gasteiger partial charge in [0.1, 0.15) is 5.82 Å². The Morgan fingerprint density at radius 3 is 2.84 bits per heavy atom. The molecule has 8 heteroatoms. The second kappa shape index (κ2) is 8.55. The second-order valence-corrected chi connectivity index (χ2v) is 8.91. The molecular weight excluding hydrogens is 415 g/mol. The molecule has 1 atom stereocenters. The van der Waals surface area contributed by atoms with E-state index in [1.807, 2.05) is 23.1 Å². The van der Waals surface area contributed by atoms with Crippen LogP contribution in [-0.4, -0.2) is 39.0 Å². The van der Waals surface area contributed by atoms with Gasteiger partial charge in [0.15, 0.2) is 5.82 Å². The first kappa shape index (κ1) is 19.8. The van der Waals surface area contributed by atoms with Crippen molar-refractivity contribution < 1.29 is 13.7 Å². The number of carbonyl (C=O) groups excluding carboxylic acids is 1. The Morgan fingerprint density at radius 1 is 1.16 bits per heavy atom. The average Bonchev–Trinajstić information content (AvgIpc) is 3.52. The highest BCUT2D eigenvalue weighted by Crippen LogP contribution is 2.25. The van der Waals surface area contributed by atoms with Crippen LogP contribution < -0.4 is 0 Å². The summed E-state index contributed by atoms with van der Waals surface area (Å²) in [7, 11) is 0. The molecule has 1 aliphatic rings. The number of carbonyl (C=O) groups is 1. The summed E-state index contributed by atoms with van der Waals surface area (Å²) >= 11 is 1.66. The zero-order valence-corrected chi connectivity index (χ0v) is 17.6. The highest BCUT2D eigenvalue weighted by atomic mass is 32.1. The van der Waals surface area contributed by atoms with Crippen molar-refractivity contribution in [2.24, 2.45) is 5.92 Å². The van der Waals surface area contributed by atoms with E-state index in [1.54, 1.807) is 23.5 Å². The van der Waals surface area contributed by atoms with Gasteiger partial charge in [0.25, 0.3) is 5.89 Å². The Labute approximate surface area is 182 Å². The van der Waals surface area contributed by atoms with Crippen molar-refractivity contribution in [2.75, 3.05) is 13.1 Å². The highest BCUT2D eigenvalue weighted by Gasteiger charge is 2.27. The van der Waals surface area contributed by atoms with Crippen molar-refractivity contribution in [3.05, 3.63) is 65.2 Å². The molecule has 2 aromatic heterocycles. The van der Waals surface area contributed by atoms with Crippen LogP contribution >= 0.6 is 11.3 Å². The monoisotopic (exact) mass is 436 g/mol. The van der Waals surface area contributed by atoms with Gasteiger partial charge in [0.2, 0.25) is 5.91 Å². The predicted molar refractivity (Wildman–Crippen MR) is 116 cm³/mol. The molecule has 1 fully saturated rings. The maximum atomic E-state index is 13.1. The third-order valence-electron chi connectivity index (χ3n) is 5.56. The number of fused-ring (bicyclic) bond motifs is 1. The summed E-state index contributed by atoms with van der Waals surface area (Å²) in [5, 5.41) is 5.06. The lowest BCUT2D eigenvalue weighted by molar-refractivity contribution is -0.130. The van der Waals surface area contributed by atoms with Gasteiger partial charge in [0, 0.05) is 37.9 Å². The number of para-hydroxylation sites is 1. The molecule has 2 aromatic carbocycles. The Kier molecular flexibility index (Phi) is 5.46. The summed E-state index contributed by atoms with van der Waals surface area (Å²) in [6.45, 7) is 1.46. The number of aryl methyl sites for hydroxylation is 1. The van der Waals surface area contributed by atoms with Crippen LogP contribution in [0.2, 0.25) is 0 Å². The van der Waals surface area contributed by atoms with Gasteiger partial charge in [-0.25, -0.2) is 9.37 Å². The van der Waals surface area contributed by atoms with E-state index in [2.05, 4.69) is 21.2 Å². The fraction of sp³-hybridized carbons (Fsp3) is 0.304. The van der Waals surface area contributed by atoms with Crippen LogP contribution in [0.3, 0.4) is 0 Å². The molecule has 3 heterocycles. The normalized spacial score (nSPS) is 16.3. The van der Waals surface area contributed by atoms with Gasteiger partial charge in [-0.05, 0) is 48.7 Å². The number of thiazole rings is 1. The van der Waals surface area contributed by atoms with Crippen molar-refractivity contribution in [3.63, 3.8) is 0 Å². The van der Waals surface area contributed by atoms with Crippen molar-refractivity contribution in [2.45, 2.75) is 25.7 Å². The number of aromatic nitrogens is 3. The largest absolute Gasteiger partial charge is 0.342 e. The number of benzene rings is 2. The summed E-state index contributed by atoms with van der Waals surface area (Å²) in [6, 6.07) is 14.0. The average molecular weight is 437 g/mol. The fourth-order valence-corrected chi connectivity index (χ4v) is 4.90. The van der Waals surface area contributed by atoms with E-state index in [0.29, 0.717) is 49.0 Å². The fourth-order valence-electron chi connectivity index (χ4n) is 3.93. The van der Waals surface area contributed by atoms with Gasteiger partial charge >= 0.3 is 0 Å². The van der Waals surface area contributed by atoms with Gasteiger partial charge in [-0.1, -0.05) is 17.3 Å². The van der Waals surface area contributed by atoms with E-state index in [9.17, 15) is 9.18 Å². The molecule has 5 rings (SSSR count). The number of rotatable bonds is 6. The minimum atomic E-state index is -0.303. The van der Waals surface area contributed by atoms with E-state index in [0.717, 1.165) is 28.2 Å². The summed E-state index contributed by atoms with van der Waals surface area (Å²) < 4.78 is 19.6. The molecule has 1 aliphatic heterocycles. The maximum absolute atomic E-state index is 13.1. The van der Waals surface area contributed by atoms with Crippen molar-refractivity contribution in [3.8, 4) is 11.5 Å². The summed E-state index contributed by atoms with van der Waals surface area (Å²) in [5.41, 5.74) is 1.69. The van der Waals surface area contributed by atoms with Gasteiger partial charge < -0.3 is 9.42 Å². The van der Waals surface area contributed by atoms with E-state index >= 15 is 0 Å². The number of halogens is 1. The summed E-state index contributed by atoms with van der Waals surface area (Å²) in [6.07, 6.45) is 2.73. The van der Waals surface area contributed by atoms with Crippen LogP contribution in [0.1, 0.15) is 23.7 Å². The first-order valence-corrected chi connectivity index (χ1v) is 11.2. The van der Waals surface area contributed by atoms with Crippen LogP contribution in [0.25, 0.3) is 21.7 Å². The molecule has 1 unspecified atom stereocenters. The van der Waals surface area contributed by atoms with Crippen LogP contribution in [0, 0.1) is 11.7 Å². The first-order valence-electron chi connectivity index (χ1n) is 10.3. The van der Waals surface area contributed by atoms with Crippen molar-refractivity contribution in [1.82, 2.24) is 20.0 Å². The number of likely N-dealkylation sites (tertiary alicyclic amines) is 1. The third-order valence-corrected chi connectivity index (χ3v) is 6.66. The van der Waals surface area contributed by atoms with E-state index in [4.69, 9.17) is 4.52 Å². The molecular formula is C23H21FN4O2S. The summed E-state index contributed by atoms with van der Waals surface area (Å²) in [5.74, 6) is 1.18. The molecule has 0 radical (unpaired) electrons. The topological polar surface area (TPSA) is 72.1 Å². The Balaban J connectivity index is 1.14. The van der Waals surface area contributed by atoms with E-state index in [-0.39, 0.29) is 11.7 Å². The molecule has 0 aliphatic carbocycles. The summed E-state index contributed by atoms with van der Waals surface area (Å²) in [4.78, 5) is 23.6. The molecule has 4 aromatic rings. The van der Waals surface area contributed by atoms with Crippen LogP contribution in [0.15, 0.2) is 53.1 Å².